The van der Waals surface area contributed by atoms with Gasteiger partial charge in [0.15, 0.2) is 0 Å². The molecule has 2 fully saturated rings. The van der Waals surface area contributed by atoms with Gasteiger partial charge in [-0.15, -0.1) is 11.6 Å². The Morgan fingerprint density at radius 1 is 1.31 bits per heavy atom. The molecule has 2 rings (SSSR count). The van der Waals surface area contributed by atoms with E-state index in [9.17, 15) is 0 Å². The highest BCUT2D eigenvalue weighted by atomic mass is 35.5. The zero-order valence-electron chi connectivity index (χ0n) is 10.8. The van der Waals surface area contributed by atoms with E-state index in [0.717, 1.165) is 18.8 Å². The fourth-order valence-electron chi connectivity index (χ4n) is 3.16. The molecule has 0 aliphatic heterocycles. The molecular formula is C14H25ClO. The second-order valence-corrected chi connectivity index (χ2v) is 6.61. The van der Waals surface area contributed by atoms with Gasteiger partial charge in [-0.2, -0.15) is 0 Å². The number of alkyl halides is 1. The van der Waals surface area contributed by atoms with Gasteiger partial charge in [0, 0.05) is 10.8 Å². The third kappa shape index (κ3) is 2.26. The summed E-state index contributed by atoms with van der Waals surface area (Å²) in [4.78, 5) is 0. The van der Waals surface area contributed by atoms with E-state index in [0.29, 0.717) is 17.6 Å². The van der Waals surface area contributed by atoms with Crippen LogP contribution in [-0.4, -0.2) is 17.6 Å². The van der Waals surface area contributed by atoms with Gasteiger partial charge in [0.25, 0.3) is 0 Å². The van der Waals surface area contributed by atoms with Crippen LogP contribution in [0, 0.1) is 11.3 Å². The maximum Gasteiger partial charge on any atom is 0.0660 e. The van der Waals surface area contributed by atoms with Crippen LogP contribution in [0.2, 0.25) is 0 Å². The molecule has 94 valence electrons. The van der Waals surface area contributed by atoms with Crippen molar-refractivity contribution in [2.45, 2.75) is 76.9 Å². The average molecular weight is 245 g/mol. The van der Waals surface area contributed by atoms with Crippen molar-refractivity contribution in [3.8, 4) is 0 Å². The molecule has 2 heteroatoms. The Balaban J connectivity index is 1.86. The number of ether oxygens (including phenoxy) is 1. The summed E-state index contributed by atoms with van der Waals surface area (Å²) in [7, 11) is 0. The van der Waals surface area contributed by atoms with Crippen molar-refractivity contribution in [3.63, 3.8) is 0 Å². The van der Waals surface area contributed by atoms with Crippen molar-refractivity contribution in [2.24, 2.45) is 11.3 Å². The quantitative estimate of drug-likeness (QED) is 0.670. The average Bonchev–Trinajstić information content (AvgIpc) is 2.27. The van der Waals surface area contributed by atoms with Crippen LogP contribution in [0.5, 0.6) is 0 Å². The Bertz CT molecular complexity index is 243. The van der Waals surface area contributed by atoms with Crippen molar-refractivity contribution in [1.82, 2.24) is 0 Å². The molecule has 0 radical (unpaired) electrons. The van der Waals surface area contributed by atoms with E-state index in [1.165, 1.54) is 25.7 Å². The fraction of sp³-hybridized carbons (Fsp3) is 1.00. The number of halogens is 1. The predicted molar refractivity (Wildman–Crippen MR) is 68.9 cm³/mol. The molecule has 2 aliphatic carbocycles. The first kappa shape index (κ1) is 12.7. The summed E-state index contributed by atoms with van der Waals surface area (Å²) >= 11 is 6.32. The molecule has 5 atom stereocenters. The molecule has 2 saturated carbocycles. The minimum Gasteiger partial charge on any atom is -0.374 e. The van der Waals surface area contributed by atoms with Crippen LogP contribution in [0.4, 0.5) is 0 Å². The van der Waals surface area contributed by atoms with Crippen LogP contribution in [0.15, 0.2) is 0 Å². The molecule has 5 unspecified atom stereocenters. The maximum absolute atomic E-state index is 6.32. The van der Waals surface area contributed by atoms with Gasteiger partial charge in [-0.05, 0) is 31.6 Å². The van der Waals surface area contributed by atoms with Gasteiger partial charge >= 0.3 is 0 Å². The van der Waals surface area contributed by atoms with E-state index in [1.54, 1.807) is 0 Å². The highest BCUT2D eigenvalue weighted by Gasteiger charge is 2.51. The molecule has 0 aromatic carbocycles. The van der Waals surface area contributed by atoms with Crippen LogP contribution >= 0.6 is 11.6 Å². The Morgan fingerprint density at radius 3 is 2.62 bits per heavy atom. The largest absolute Gasteiger partial charge is 0.374 e. The zero-order chi connectivity index (χ0) is 11.8. The molecule has 1 nitrogen and oxygen atoms in total. The second kappa shape index (κ2) is 4.86. The summed E-state index contributed by atoms with van der Waals surface area (Å²) in [6.45, 7) is 6.86. The third-order valence-corrected chi connectivity index (χ3v) is 5.56. The van der Waals surface area contributed by atoms with E-state index in [-0.39, 0.29) is 5.41 Å². The summed E-state index contributed by atoms with van der Waals surface area (Å²) in [5, 5.41) is 0.323. The molecule has 16 heavy (non-hydrogen) atoms. The second-order valence-electron chi connectivity index (χ2n) is 6.08. The van der Waals surface area contributed by atoms with Gasteiger partial charge in [0.1, 0.15) is 0 Å². The molecule has 2 aliphatic rings. The van der Waals surface area contributed by atoms with E-state index in [4.69, 9.17) is 16.3 Å². The van der Waals surface area contributed by atoms with Crippen molar-refractivity contribution < 1.29 is 4.74 Å². The number of hydrogen-bond acceptors (Lipinski definition) is 1. The minimum atomic E-state index is 0.224. The van der Waals surface area contributed by atoms with Gasteiger partial charge < -0.3 is 4.74 Å². The molecule has 0 saturated heterocycles. The smallest absolute Gasteiger partial charge is 0.0660 e. The first-order chi connectivity index (χ1) is 7.56. The topological polar surface area (TPSA) is 9.23 Å². The SMILES string of the molecule is CCC1(C)C(Cl)CC1OC1CCCC(C)C1. The standard InChI is InChI=1S/C14H25ClO/c1-4-14(3)12(15)9-13(14)16-11-7-5-6-10(2)8-11/h10-13H,4-9H2,1-3H3. The summed E-state index contributed by atoms with van der Waals surface area (Å²) in [6, 6.07) is 0. The molecule has 0 aromatic rings. The Morgan fingerprint density at radius 2 is 2.06 bits per heavy atom. The normalized spacial score (nSPS) is 48.8. The highest BCUT2D eigenvalue weighted by molar-refractivity contribution is 6.21. The van der Waals surface area contributed by atoms with Gasteiger partial charge in [0.05, 0.1) is 12.2 Å². The Labute approximate surface area is 105 Å². The van der Waals surface area contributed by atoms with Crippen LogP contribution in [0.3, 0.4) is 0 Å². The number of rotatable bonds is 3. The molecular weight excluding hydrogens is 220 g/mol. The fourth-order valence-corrected chi connectivity index (χ4v) is 3.62. The lowest BCUT2D eigenvalue weighted by molar-refractivity contribution is -0.144. The summed E-state index contributed by atoms with van der Waals surface area (Å²) in [5.74, 6) is 0.846. The minimum absolute atomic E-state index is 0.224. The maximum atomic E-state index is 6.32. The molecule has 0 spiro atoms. The van der Waals surface area contributed by atoms with Crippen molar-refractivity contribution in [2.75, 3.05) is 0 Å². The Kier molecular flexibility index (Phi) is 3.86. The van der Waals surface area contributed by atoms with Gasteiger partial charge in [-0.25, -0.2) is 0 Å². The lowest BCUT2D eigenvalue weighted by atomic mass is 9.65. The zero-order valence-corrected chi connectivity index (χ0v) is 11.6. The summed E-state index contributed by atoms with van der Waals surface area (Å²) < 4.78 is 6.29. The van der Waals surface area contributed by atoms with E-state index >= 15 is 0 Å². The van der Waals surface area contributed by atoms with Crippen molar-refractivity contribution >= 4 is 11.6 Å². The first-order valence-electron chi connectivity index (χ1n) is 6.85. The highest BCUT2D eigenvalue weighted by Crippen LogP contribution is 2.50. The summed E-state index contributed by atoms with van der Waals surface area (Å²) in [6.07, 6.45) is 8.33. The number of hydrogen-bond donors (Lipinski definition) is 0. The van der Waals surface area contributed by atoms with Gasteiger partial charge in [-0.3, -0.25) is 0 Å². The van der Waals surface area contributed by atoms with Crippen LogP contribution in [-0.2, 0) is 4.74 Å². The Hall–Kier alpha value is 0.250. The van der Waals surface area contributed by atoms with Gasteiger partial charge in [-0.1, -0.05) is 33.6 Å². The molecule has 0 amide bonds. The molecule has 0 bridgehead atoms. The summed E-state index contributed by atoms with van der Waals surface area (Å²) in [5.41, 5.74) is 0.224. The molecule has 0 N–H and O–H groups in total. The van der Waals surface area contributed by atoms with E-state index in [1.807, 2.05) is 0 Å². The van der Waals surface area contributed by atoms with Crippen LogP contribution in [0.1, 0.15) is 59.3 Å². The first-order valence-corrected chi connectivity index (χ1v) is 7.29. The predicted octanol–water partition coefficient (Wildman–Crippen LogP) is 4.38. The lowest BCUT2D eigenvalue weighted by Crippen LogP contribution is -2.54. The van der Waals surface area contributed by atoms with Crippen LogP contribution < -0.4 is 0 Å². The lowest BCUT2D eigenvalue weighted by Gasteiger charge is -2.52. The van der Waals surface area contributed by atoms with Gasteiger partial charge in [0.2, 0.25) is 0 Å². The van der Waals surface area contributed by atoms with E-state index < -0.39 is 0 Å². The third-order valence-electron chi connectivity index (χ3n) is 4.88. The van der Waals surface area contributed by atoms with Crippen LogP contribution in [0.25, 0.3) is 0 Å². The molecule has 0 aromatic heterocycles. The van der Waals surface area contributed by atoms with Crippen molar-refractivity contribution in [3.05, 3.63) is 0 Å². The van der Waals surface area contributed by atoms with Crippen molar-refractivity contribution in [1.29, 1.82) is 0 Å². The van der Waals surface area contributed by atoms with E-state index in [2.05, 4.69) is 20.8 Å². The molecule has 0 heterocycles. The monoisotopic (exact) mass is 244 g/mol.